The minimum absolute atomic E-state index is 0.0320. The minimum Gasteiger partial charge on any atom is -0.352 e. The molecule has 2 amide bonds. The molecule has 0 aliphatic carbocycles. The number of aryl methyl sites for hydroxylation is 1. The van der Waals surface area contributed by atoms with Crippen LogP contribution in [0.3, 0.4) is 0 Å². The molecule has 3 rings (SSSR count). The van der Waals surface area contributed by atoms with Gasteiger partial charge in [-0.15, -0.1) is 0 Å². The minimum atomic E-state index is -4.16. The molecule has 0 bridgehead atoms. The third-order valence-corrected chi connectivity index (χ3v) is 8.65. The SMILES string of the molecule is CCC(C)NC(=O)C(CC)N(Cc1cccc(C)c1)C(=O)CN(c1ccccc1Cl)S(=O)(=O)c1ccccc1. The summed E-state index contributed by atoms with van der Waals surface area (Å²) in [7, 11) is -4.16. The average Bonchev–Trinajstić information content (AvgIpc) is 2.92. The smallest absolute Gasteiger partial charge is 0.264 e. The van der Waals surface area contributed by atoms with Crippen LogP contribution in [-0.4, -0.2) is 43.8 Å². The second-order valence-electron chi connectivity index (χ2n) is 9.53. The van der Waals surface area contributed by atoms with Crippen molar-refractivity contribution >= 4 is 39.1 Å². The molecule has 0 aromatic heterocycles. The van der Waals surface area contributed by atoms with Crippen LogP contribution in [0.2, 0.25) is 5.02 Å². The Hall–Kier alpha value is -3.36. The number of nitrogens with one attached hydrogen (secondary N) is 1. The standard InChI is InChI=1S/C30H36ClN3O4S/c1-5-23(4)32-30(36)27(6-2)33(20-24-14-12-13-22(3)19-24)29(35)21-34(28-18-11-10-17-26(28)31)39(37,38)25-15-8-7-9-16-25/h7-19,23,27H,5-6,20-21H2,1-4H3,(H,32,36). The zero-order valence-corrected chi connectivity index (χ0v) is 24.4. The van der Waals surface area contributed by atoms with Crippen molar-refractivity contribution in [1.82, 2.24) is 10.2 Å². The molecule has 1 N–H and O–H groups in total. The average molecular weight is 570 g/mol. The Morgan fingerprint density at radius 3 is 2.21 bits per heavy atom. The third-order valence-electron chi connectivity index (χ3n) is 6.55. The molecule has 0 saturated carbocycles. The molecule has 0 radical (unpaired) electrons. The highest BCUT2D eigenvalue weighted by Gasteiger charge is 2.34. The van der Waals surface area contributed by atoms with Crippen LogP contribution in [0.15, 0.2) is 83.8 Å². The zero-order valence-electron chi connectivity index (χ0n) is 22.8. The summed E-state index contributed by atoms with van der Waals surface area (Å²) < 4.78 is 28.7. The van der Waals surface area contributed by atoms with Crippen LogP contribution in [0, 0.1) is 6.92 Å². The summed E-state index contributed by atoms with van der Waals surface area (Å²) in [6, 6.07) is 21.2. The van der Waals surface area contributed by atoms with Crippen molar-refractivity contribution in [2.75, 3.05) is 10.8 Å². The van der Waals surface area contributed by atoms with Gasteiger partial charge < -0.3 is 10.2 Å². The van der Waals surface area contributed by atoms with Gasteiger partial charge in [-0.1, -0.05) is 85.6 Å². The Balaban J connectivity index is 2.06. The molecule has 3 aromatic rings. The Labute approximate surface area is 236 Å². The Morgan fingerprint density at radius 2 is 1.59 bits per heavy atom. The molecule has 208 valence electrons. The largest absolute Gasteiger partial charge is 0.352 e. The molecule has 0 heterocycles. The van der Waals surface area contributed by atoms with Crippen LogP contribution in [0.4, 0.5) is 5.69 Å². The van der Waals surface area contributed by atoms with Crippen molar-refractivity contribution in [3.8, 4) is 0 Å². The van der Waals surface area contributed by atoms with Crippen LogP contribution < -0.4 is 9.62 Å². The predicted molar refractivity (Wildman–Crippen MR) is 156 cm³/mol. The molecule has 39 heavy (non-hydrogen) atoms. The maximum absolute atomic E-state index is 14.1. The van der Waals surface area contributed by atoms with Gasteiger partial charge in [-0.05, 0) is 56.5 Å². The molecule has 0 spiro atoms. The molecule has 3 aromatic carbocycles. The summed E-state index contributed by atoms with van der Waals surface area (Å²) in [5, 5.41) is 3.17. The van der Waals surface area contributed by atoms with E-state index in [4.69, 9.17) is 11.6 Å². The summed E-state index contributed by atoms with van der Waals surface area (Å²) in [6.07, 6.45) is 1.10. The molecule has 0 saturated heterocycles. The van der Waals surface area contributed by atoms with Gasteiger partial charge in [0.05, 0.1) is 15.6 Å². The van der Waals surface area contributed by atoms with E-state index in [2.05, 4.69) is 5.32 Å². The Kier molecular flexibility index (Phi) is 10.5. The molecule has 2 unspecified atom stereocenters. The van der Waals surface area contributed by atoms with Crippen LogP contribution in [-0.2, 0) is 26.2 Å². The molecule has 2 atom stereocenters. The quantitative estimate of drug-likeness (QED) is 0.309. The van der Waals surface area contributed by atoms with Gasteiger partial charge in [0.2, 0.25) is 11.8 Å². The molecule has 9 heteroatoms. The van der Waals surface area contributed by atoms with Crippen molar-refractivity contribution in [1.29, 1.82) is 0 Å². The third kappa shape index (κ3) is 7.61. The fourth-order valence-electron chi connectivity index (χ4n) is 4.25. The van der Waals surface area contributed by atoms with Gasteiger partial charge in [-0.3, -0.25) is 13.9 Å². The van der Waals surface area contributed by atoms with Crippen LogP contribution in [0.1, 0.15) is 44.7 Å². The second kappa shape index (κ2) is 13.6. The number of anilines is 1. The van der Waals surface area contributed by atoms with E-state index in [9.17, 15) is 18.0 Å². The first-order valence-electron chi connectivity index (χ1n) is 13.1. The summed E-state index contributed by atoms with van der Waals surface area (Å²) in [5.41, 5.74) is 2.04. The van der Waals surface area contributed by atoms with Gasteiger partial charge in [0.15, 0.2) is 0 Å². The first-order chi connectivity index (χ1) is 18.6. The van der Waals surface area contributed by atoms with Gasteiger partial charge in [0, 0.05) is 12.6 Å². The van der Waals surface area contributed by atoms with E-state index in [1.54, 1.807) is 42.5 Å². The first-order valence-corrected chi connectivity index (χ1v) is 14.9. The summed E-state index contributed by atoms with van der Waals surface area (Å²) in [6.45, 7) is 7.28. The lowest BCUT2D eigenvalue weighted by Crippen LogP contribution is -2.53. The second-order valence-corrected chi connectivity index (χ2v) is 11.8. The summed E-state index contributed by atoms with van der Waals surface area (Å²) in [5.74, 6) is -0.787. The topological polar surface area (TPSA) is 86.8 Å². The first kappa shape index (κ1) is 30.2. The molecular formula is C30H36ClN3O4S. The van der Waals surface area contributed by atoms with E-state index < -0.39 is 28.5 Å². The summed E-state index contributed by atoms with van der Waals surface area (Å²) >= 11 is 6.44. The lowest BCUT2D eigenvalue weighted by atomic mass is 10.1. The monoisotopic (exact) mass is 569 g/mol. The number of sulfonamides is 1. The number of benzene rings is 3. The molecule has 0 aliphatic heterocycles. The number of amides is 2. The highest BCUT2D eigenvalue weighted by atomic mass is 35.5. The number of hydrogen-bond donors (Lipinski definition) is 1. The van der Waals surface area contributed by atoms with Gasteiger partial charge in [-0.2, -0.15) is 0 Å². The van der Waals surface area contributed by atoms with E-state index in [0.29, 0.717) is 6.42 Å². The lowest BCUT2D eigenvalue weighted by Gasteiger charge is -2.34. The van der Waals surface area contributed by atoms with E-state index in [1.807, 2.05) is 52.0 Å². The number of carbonyl (C=O) groups excluding carboxylic acids is 2. The number of hydrogen-bond acceptors (Lipinski definition) is 4. The van der Waals surface area contributed by atoms with E-state index in [0.717, 1.165) is 21.9 Å². The Bertz CT molecular complexity index is 1380. The molecule has 0 fully saturated rings. The lowest BCUT2D eigenvalue weighted by molar-refractivity contribution is -0.140. The van der Waals surface area contributed by atoms with Crippen molar-refractivity contribution in [3.63, 3.8) is 0 Å². The van der Waals surface area contributed by atoms with Gasteiger partial charge >= 0.3 is 0 Å². The van der Waals surface area contributed by atoms with Crippen LogP contribution in [0.25, 0.3) is 0 Å². The highest BCUT2D eigenvalue weighted by Crippen LogP contribution is 2.30. The number of carbonyl (C=O) groups is 2. The van der Waals surface area contributed by atoms with Gasteiger partial charge in [0.1, 0.15) is 12.6 Å². The van der Waals surface area contributed by atoms with Crippen molar-refractivity contribution in [3.05, 3.63) is 95.0 Å². The van der Waals surface area contributed by atoms with Crippen molar-refractivity contribution < 1.29 is 18.0 Å². The van der Waals surface area contributed by atoms with Crippen LogP contribution >= 0.6 is 11.6 Å². The number of nitrogens with zero attached hydrogens (tertiary/aromatic N) is 2. The molecule has 0 aliphatic rings. The summed E-state index contributed by atoms with van der Waals surface area (Å²) in [4.78, 5) is 28.9. The van der Waals surface area contributed by atoms with Crippen LogP contribution in [0.5, 0.6) is 0 Å². The fourth-order valence-corrected chi connectivity index (χ4v) is 6.00. The maximum atomic E-state index is 14.1. The van der Waals surface area contributed by atoms with Crippen molar-refractivity contribution in [2.45, 2.75) is 64.1 Å². The number of rotatable bonds is 12. The normalized spacial score (nSPS) is 12.8. The maximum Gasteiger partial charge on any atom is 0.264 e. The van der Waals surface area contributed by atoms with Crippen molar-refractivity contribution in [2.24, 2.45) is 0 Å². The number of halogens is 1. The number of para-hydroxylation sites is 1. The predicted octanol–water partition coefficient (Wildman–Crippen LogP) is 5.57. The van der Waals surface area contributed by atoms with E-state index in [1.165, 1.54) is 17.0 Å². The van der Waals surface area contributed by atoms with E-state index >= 15 is 0 Å². The Morgan fingerprint density at radius 1 is 0.923 bits per heavy atom. The molecule has 7 nitrogen and oxygen atoms in total. The van der Waals surface area contributed by atoms with E-state index in [-0.39, 0.29) is 34.1 Å². The molecular weight excluding hydrogens is 534 g/mol. The van der Waals surface area contributed by atoms with Gasteiger partial charge in [-0.25, -0.2) is 8.42 Å². The van der Waals surface area contributed by atoms with Gasteiger partial charge in [0.25, 0.3) is 10.0 Å². The highest BCUT2D eigenvalue weighted by molar-refractivity contribution is 7.92. The zero-order chi connectivity index (χ0) is 28.6. The fraction of sp³-hybridized carbons (Fsp3) is 0.333.